The maximum absolute atomic E-state index is 13.2. The van der Waals surface area contributed by atoms with Crippen LogP contribution in [0.2, 0.25) is 0 Å². The van der Waals surface area contributed by atoms with Crippen molar-refractivity contribution in [1.29, 1.82) is 0 Å². The van der Waals surface area contributed by atoms with Gasteiger partial charge in [-0.05, 0) is 71.3 Å². The molecule has 1 unspecified atom stereocenters. The molecule has 1 saturated heterocycles. The van der Waals surface area contributed by atoms with Gasteiger partial charge in [0, 0.05) is 30.5 Å². The highest BCUT2D eigenvalue weighted by atomic mass is 16.3. The Bertz CT molecular complexity index is 824. The molecule has 1 aliphatic rings. The van der Waals surface area contributed by atoms with E-state index in [1.54, 1.807) is 0 Å². The molecule has 3 rings (SSSR count). The van der Waals surface area contributed by atoms with E-state index in [1.807, 2.05) is 30.8 Å². The maximum atomic E-state index is 13.2. The van der Waals surface area contributed by atoms with Crippen molar-refractivity contribution in [2.75, 3.05) is 33.7 Å². The van der Waals surface area contributed by atoms with Gasteiger partial charge in [0.2, 0.25) is 0 Å². The van der Waals surface area contributed by atoms with Crippen molar-refractivity contribution < 1.29 is 9.90 Å². The second-order valence-electron chi connectivity index (χ2n) is 8.24. The zero-order valence-corrected chi connectivity index (χ0v) is 16.6. The first-order chi connectivity index (χ1) is 12.2. The molecule has 0 bridgehead atoms. The molecule has 1 amide bonds. The number of aromatic amines is 1. The number of H-pyrrole nitrogens is 1. The Hall–Kier alpha value is -1.85. The van der Waals surface area contributed by atoms with Crippen LogP contribution in [0.25, 0.3) is 10.9 Å². The lowest BCUT2D eigenvalue weighted by atomic mass is 9.94. The molecule has 1 aliphatic heterocycles. The van der Waals surface area contributed by atoms with Gasteiger partial charge in [-0.15, -0.1) is 0 Å². The van der Waals surface area contributed by atoms with Gasteiger partial charge in [-0.25, -0.2) is 0 Å². The summed E-state index contributed by atoms with van der Waals surface area (Å²) in [5.41, 5.74) is 4.42. The number of aromatic nitrogens is 1. The van der Waals surface area contributed by atoms with Crippen molar-refractivity contribution in [3.05, 3.63) is 34.5 Å². The number of amides is 1. The number of nitrogens with zero attached hydrogens (tertiary/aromatic N) is 2. The van der Waals surface area contributed by atoms with E-state index in [0.717, 1.165) is 29.3 Å². The summed E-state index contributed by atoms with van der Waals surface area (Å²) in [4.78, 5) is 20.5. The minimum Gasteiger partial charge on any atom is -0.388 e. The van der Waals surface area contributed by atoms with Crippen molar-refractivity contribution >= 4 is 16.8 Å². The molecule has 0 aliphatic carbocycles. The van der Waals surface area contributed by atoms with Gasteiger partial charge in [0.25, 0.3) is 5.91 Å². The molecule has 1 aromatic heterocycles. The van der Waals surface area contributed by atoms with Crippen LogP contribution in [-0.4, -0.2) is 65.1 Å². The van der Waals surface area contributed by atoms with Crippen LogP contribution in [0.1, 0.15) is 46.4 Å². The number of fused-ring (bicyclic) bond motifs is 1. The van der Waals surface area contributed by atoms with Crippen molar-refractivity contribution in [1.82, 2.24) is 14.8 Å². The summed E-state index contributed by atoms with van der Waals surface area (Å²) in [6.07, 6.45) is 2.18. The summed E-state index contributed by atoms with van der Waals surface area (Å²) in [5.74, 6) is 0.0462. The van der Waals surface area contributed by atoms with E-state index in [1.165, 1.54) is 11.1 Å². The third kappa shape index (κ3) is 3.64. The zero-order valence-electron chi connectivity index (χ0n) is 16.6. The number of benzene rings is 1. The lowest BCUT2D eigenvalue weighted by Crippen LogP contribution is -2.41. The van der Waals surface area contributed by atoms with E-state index in [4.69, 9.17) is 0 Å². The minimum absolute atomic E-state index is 0.0462. The van der Waals surface area contributed by atoms with Crippen molar-refractivity contribution in [3.8, 4) is 0 Å². The topological polar surface area (TPSA) is 59.6 Å². The van der Waals surface area contributed by atoms with Crippen molar-refractivity contribution in [3.63, 3.8) is 0 Å². The summed E-state index contributed by atoms with van der Waals surface area (Å²) in [6, 6.07) is 4.28. The SMILES string of the molecule is Cc1cc(C)c2[nH]c(C(=O)N3CCCC(O)(CN(C)C)CC3)c(C)c2c1. The van der Waals surface area contributed by atoms with Crippen LogP contribution < -0.4 is 0 Å². The summed E-state index contributed by atoms with van der Waals surface area (Å²) in [6.45, 7) is 8.11. The monoisotopic (exact) mass is 357 g/mol. The second-order valence-corrected chi connectivity index (χ2v) is 8.24. The highest BCUT2D eigenvalue weighted by Gasteiger charge is 2.33. The lowest BCUT2D eigenvalue weighted by molar-refractivity contribution is 0.00303. The van der Waals surface area contributed by atoms with E-state index in [2.05, 4.69) is 31.0 Å². The number of hydrogen-bond donors (Lipinski definition) is 2. The predicted octanol–water partition coefficient (Wildman–Crippen LogP) is 3.01. The van der Waals surface area contributed by atoms with Crippen LogP contribution in [0.4, 0.5) is 0 Å². The van der Waals surface area contributed by atoms with Gasteiger partial charge in [0.05, 0.1) is 5.60 Å². The average Bonchev–Trinajstić information content (AvgIpc) is 2.74. The first-order valence-corrected chi connectivity index (χ1v) is 9.46. The summed E-state index contributed by atoms with van der Waals surface area (Å²) < 4.78 is 0. The molecule has 5 nitrogen and oxygen atoms in total. The molecule has 142 valence electrons. The van der Waals surface area contributed by atoms with Gasteiger partial charge in [-0.2, -0.15) is 0 Å². The third-order valence-electron chi connectivity index (χ3n) is 5.54. The Morgan fingerprint density at radius 1 is 1.23 bits per heavy atom. The first kappa shape index (κ1) is 18.9. The number of aryl methyl sites for hydroxylation is 3. The Labute approximate surface area is 156 Å². The molecule has 2 heterocycles. The number of hydrogen-bond acceptors (Lipinski definition) is 3. The predicted molar refractivity (Wildman–Crippen MR) is 106 cm³/mol. The van der Waals surface area contributed by atoms with Gasteiger partial charge >= 0.3 is 0 Å². The average molecular weight is 357 g/mol. The summed E-state index contributed by atoms with van der Waals surface area (Å²) in [5, 5.41) is 12.0. The molecule has 2 N–H and O–H groups in total. The van der Waals surface area contributed by atoms with E-state index in [9.17, 15) is 9.90 Å². The molecule has 0 saturated carbocycles. The Balaban J connectivity index is 1.85. The molecule has 1 aromatic carbocycles. The molecule has 2 aromatic rings. The fraction of sp³-hybridized carbons (Fsp3) is 0.571. The van der Waals surface area contributed by atoms with Crippen LogP contribution >= 0.6 is 0 Å². The highest BCUT2D eigenvalue weighted by molar-refractivity contribution is 6.01. The molecule has 0 radical (unpaired) electrons. The molecule has 26 heavy (non-hydrogen) atoms. The Morgan fingerprint density at radius 2 is 1.96 bits per heavy atom. The molecule has 0 spiro atoms. The van der Waals surface area contributed by atoms with Gasteiger partial charge in [-0.3, -0.25) is 4.79 Å². The fourth-order valence-electron chi connectivity index (χ4n) is 4.28. The molecular formula is C21H31N3O2. The van der Waals surface area contributed by atoms with E-state index >= 15 is 0 Å². The number of likely N-dealkylation sites (N-methyl/N-ethyl adjacent to an activating group) is 1. The van der Waals surface area contributed by atoms with Crippen molar-refractivity contribution in [2.45, 2.75) is 45.6 Å². The molecule has 1 fully saturated rings. The zero-order chi connectivity index (χ0) is 19.1. The van der Waals surface area contributed by atoms with Gasteiger partial charge < -0.3 is 19.9 Å². The van der Waals surface area contributed by atoms with E-state index in [0.29, 0.717) is 31.7 Å². The van der Waals surface area contributed by atoms with Crippen LogP contribution in [0.15, 0.2) is 12.1 Å². The quantitative estimate of drug-likeness (QED) is 0.888. The summed E-state index contributed by atoms with van der Waals surface area (Å²) in [7, 11) is 3.95. The fourth-order valence-corrected chi connectivity index (χ4v) is 4.28. The Morgan fingerprint density at radius 3 is 2.65 bits per heavy atom. The normalized spacial score (nSPS) is 21.4. The number of carbonyl (C=O) groups is 1. The molecule has 5 heteroatoms. The second kappa shape index (κ2) is 7.05. The maximum Gasteiger partial charge on any atom is 0.270 e. The molecular weight excluding hydrogens is 326 g/mol. The van der Waals surface area contributed by atoms with Crippen LogP contribution in [0, 0.1) is 20.8 Å². The Kier molecular flexibility index (Phi) is 5.13. The van der Waals surface area contributed by atoms with Gasteiger partial charge in [0.15, 0.2) is 0 Å². The smallest absolute Gasteiger partial charge is 0.270 e. The largest absolute Gasteiger partial charge is 0.388 e. The first-order valence-electron chi connectivity index (χ1n) is 9.46. The van der Waals surface area contributed by atoms with E-state index in [-0.39, 0.29) is 5.91 Å². The standard InChI is InChI=1S/C21H31N3O2/c1-14-11-15(2)18-17(12-14)16(3)19(22-18)20(25)24-9-6-7-21(26,8-10-24)13-23(4)5/h11-12,22,26H,6-10,13H2,1-5H3. The van der Waals surface area contributed by atoms with E-state index < -0.39 is 5.60 Å². The minimum atomic E-state index is -0.707. The number of likely N-dealkylation sites (tertiary alicyclic amines) is 1. The van der Waals surface area contributed by atoms with Crippen LogP contribution in [0.5, 0.6) is 0 Å². The summed E-state index contributed by atoms with van der Waals surface area (Å²) >= 11 is 0. The number of rotatable bonds is 3. The van der Waals surface area contributed by atoms with Crippen LogP contribution in [-0.2, 0) is 0 Å². The van der Waals surface area contributed by atoms with Gasteiger partial charge in [0.1, 0.15) is 5.69 Å². The number of aliphatic hydroxyl groups is 1. The lowest BCUT2D eigenvalue weighted by Gasteiger charge is -2.29. The van der Waals surface area contributed by atoms with Crippen molar-refractivity contribution in [2.24, 2.45) is 0 Å². The highest BCUT2D eigenvalue weighted by Crippen LogP contribution is 2.28. The number of nitrogens with one attached hydrogen (secondary N) is 1. The molecule has 1 atom stereocenters. The number of carbonyl (C=O) groups excluding carboxylic acids is 1. The van der Waals surface area contributed by atoms with Crippen LogP contribution in [0.3, 0.4) is 0 Å². The third-order valence-corrected chi connectivity index (χ3v) is 5.54. The van der Waals surface area contributed by atoms with Gasteiger partial charge in [-0.1, -0.05) is 11.6 Å².